The highest BCUT2D eigenvalue weighted by atomic mass is 32.1. The van der Waals surface area contributed by atoms with Crippen molar-refractivity contribution >= 4 is 27.4 Å². The topological polar surface area (TPSA) is 41.5 Å². The molecular formula is C21H27F3N4OS. The molecule has 0 aliphatic carbocycles. The minimum atomic E-state index is -4.20. The van der Waals surface area contributed by atoms with Crippen LogP contribution >= 0.6 is 11.3 Å². The van der Waals surface area contributed by atoms with Gasteiger partial charge in [-0.25, -0.2) is 9.97 Å². The molecule has 5 heterocycles. The van der Waals surface area contributed by atoms with E-state index in [1.165, 1.54) is 25.6 Å². The molecule has 0 spiro atoms. The third-order valence-corrected chi connectivity index (χ3v) is 7.73. The van der Waals surface area contributed by atoms with Crippen LogP contribution in [0, 0.1) is 17.8 Å². The van der Waals surface area contributed by atoms with Crippen LogP contribution in [-0.2, 0) is 11.2 Å². The van der Waals surface area contributed by atoms with E-state index >= 15 is 0 Å². The molecule has 164 valence electrons. The van der Waals surface area contributed by atoms with E-state index in [0.717, 1.165) is 68.5 Å². The lowest BCUT2D eigenvalue weighted by Crippen LogP contribution is -2.43. The third kappa shape index (κ3) is 4.43. The Morgan fingerprint density at radius 1 is 1.13 bits per heavy atom. The average molecular weight is 441 g/mol. The fourth-order valence-electron chi connectivity index (χ4n) is 5.33. The monoisotopic (exact) mass is 440 g/mol. The van der Waals surface area contributed by atoms with Crippen molar-refractivity contribution in [1.82, 2.24) is 14.9 Å². The summed E-state index contributed by atoms with van der Waals surface area (Å²) in [6.07, 6.45) is -0.0235. The van der Waals surface area contributed by atoms with Crippen molar-refractivity contribution in [2.24, 2.45) is 17.8 Å². The zero-order chi connectivity index (χ0) is 20.7. The number of rotatable bonds is 4. The van der Waals surface area contributed by atoms with Crippen molar-refractivity contribution < 1.29 is 17.9 Å². The third-order valence-electron chi connectivity index (χ3n) is 6.69. The number of anilines is 1. The van der Waals surface area contributed by atoms with Gasteiger partial charge in [-0.1, -0.05) is 0 Å². The van der Waals surface area contributed by atoms with E-state index in [1.807, 2.05) is 0 Å². The van der Waals surface area contributed by atoms with Gasteiger partial charge in [-0.05, 0) is 49.6 Å². The maximum atomic E-state index is 12.8. The molecule has 3 aliphatic rings. The molecule has 3 atom stereocenters. The predicted molar refractivity (Wildman–Crippen MR) is 111 cm³/mol. The van der Waals surface area contributed by atoms with E-state index in [2.05, 4.69) is 19.8 Å². The van der Waals surface area contributed by atoms with Gasteiger partial charge in [-0.15, -0.1) is 11.3 Å². The molecule has 0 N–H and O–H groups in total. The summed E-state index contributed by atoms with van der Waals surface area (Å²) in [6, 6.07) is 1.64. The summed E-state index contributed by atoms with van der Waals surface area (Å²) in [5, 5.41) is 0.761. The normalized spacial score (nSPS) is 28.2. The SMILES string of the molecule is FC(F)(F)Cc1cc2c(N3C[C@H]4CCN(CC5CCCOC5)C[C@H]4C3)ncnc2s1. The van der Waals surface area contributed by atoms with Crippen LogP contribution in [0.25, 0.3) is 10.2 Å². The van der Waals surface area contributed by atoms with E-state index in [1.54, 1.807) is 6.07 Å². The molecule has 0 aromatic carbocycles. The number of thiophene rings is 1. The number of hydrogen-bond acceptors (Lipinski definition) is 6. The summed E-state index contributed by atoms with van der Waals surface area (Å²) >= 11 is 1.12. The Morgan fingerprint density at radius 3 is 2.80 bits per heavy atom. The van der Waals surface area contributed by atoms with Gasteiger partial charge in [0.2, 0.25) is 0 Å². The molecule has 3 fully saturated rings. The molecule has 2 aromatic rings. The first-order chi connectivity index (χ1) is 14.4. The van der Waals surface area contributed by atoms with Crippen molar-refractivity contribution in [3.8, 4) is 0 Å². The van der Waals surface area contributed by atoms with E-state index < -0.39 is 12.6 Å². The van der Waals surface area contributed by atoms with Gasteiger partial charge in [-0.2, -0.15) is 13.2 Å². The van der Waals surface area contributed by atoms with Crippen molar-refractivity contribution in [3.05, 3.63) is 17.3 Å². The van der Waals surface area contributed by atoms with Gasteiger partial charge in [0, 0.05) is 37.7 Å². The van der Waals surface area contributed by atoms with Gasteiger partial charge in [0.05, 0.1) is 18.4 Å². The number of nitrogens with zero attached hydrogens (tertiary/aromatic N) is 4. The number of aromatic nitrogens is 2. The predicted octanol–water partition coefficient (Wildman–Crippen LogP) is 3.98. The van der Waals surface area contributed by atoms with Gasteiger partial charge in [0.1, 0.15) is 17.0 Å². The van der Waals surface area contributed by atoms with Crippen LogP contribution in [-0.4, -0.2) is 67.0 Å². The van der Waals surface area contributed by atoms with Crippen LogP contribution in [0.3, 0.4) is 0 Å². The number of piperidine rings is 1. The first-order valence-corrected chi connectivity index (χ1v) is 11.6. The molecular weight excluding hydrogens is 413 g/mol. The van der Waals surface area contributed by atoms with E-state index in [4.69, 9.17) is 4.74 Å². The van der Waals surface area contributed by atoms with E-state index in [-0.39, 0.29) is 0 Å². The Morgan fingerprint density at radius 2 is 2.00 bits per heavy atom. The number of ether oxygens (including phenoxy) is 1. The molecule has 3 saturated heterocycles. The smallest absolute Gasteiger partial charge is 0.381 e. The number of halogens is 3. The first kappa shape index (κ1) is 20.5. The first-order valence-electron chi connectivity index (χ1n) is 10.8. The van der Waals surface area contributed by atoms with Crippen LogP contribution in [0.1, 0.15) is 24.1 Å². The molecule has 0 radical (unpaired) electrons. The van der Waals surface area contributed by atoms with Gasteiger partial charge in [0.15, 0.2) is 0 Å². The highest BCUT2D eigenvalue weighted by Crippen LogP contribution is 2.38. The molecule has 2 aromatic heterocycles. The second-order valence-electron chi connectivity index (χ2n) is 8.98. The van der Waals surface area contributed by atoms with E-state index in [0.29, 0.717) is 27.5 Å². The molecule has 30 heavy (non-hydrogen) atoms. The average Bonchev–Trinajstić information content (AvgIpc) is 3.30. The number of alkyl halides is 3. The Kier molecular flexibility index (Phi) is 5.62. The van der Waals surface area contributed by atoms with Crippen LogP contribution in [0.5, 0.6) is 0 Å². The number of fused-ring (bicyclic) bond motifs is 2. The van der Waals surface area contributed by atoms with Gasteiger partial charge < -0.3 is 14.5 Å². The van der Waals surface area contributed by atoms with E-state index in [9.17, 15) is 13.2 Å². The van der Waals surface area contributed by atoms with Crippen molar-refractivity contribution in [3.63, 3.8) is 0 Å². The lowest BCUT2D eigenvalue weighted by Gasteiger charge is -2.37. The lowest BCUT2D eigenvalue weighted by atomic mass is 9.88. The van der Waals surface area contributed by atoms with Crippen LogP contribution in [0.15, 0.2) is 12.4 Å². The molecule has 5 nitrogen and oxygen atoms in total. The van der Waals surface area contributed by atoms with Crippen LogP contribution < -0.4 is 4.90 Å². The minimum Gasteiger partial charge on any atom is -0.381 e. The number of likely N-dealkylation sites (tertiary alicyclic amines) is 1. The summed E-state index contributed by atoms with van der Waals surface area (Å²) in [7, 11) is 0. The second-order valence-corrected chi connectivity index (χ2v) is 10.1. The summed E-state index contributed by atoms with van der Waals surface area (Å²) in [5.74, 6) is 2.65. The summed E-state index contributed by atoms with van der Waals surface area (Å²) in [6.45, 7) is 6.96. The maximum Gasteiger partial charge on any atom is 0.393 e. The summed E-state index contributed by atoms with van der Waals surface area (Å²) in [4.78, 5) is 14.5. The quantitative estimate of drug-likeness (QED) is 0.720. The molecule has 0 amide bonds. The Balaban J connectivity index is 1.28. The summed E-state index contributed by atoms with van der Waals surface area (Å²) < 4.78 is 44.1. The molecule has 5 rings (SSSR count). The fraction of sp³-hybridized carbons (Fsp3) is 0.714. The highest BCUT2D eigenvalue weighted by Gasteiger charge is 2.38. The van der Waals surface area contributed by atoms with Crippen molar-refractivity contribution in [2.45, 2.75) is 31.9 Å². The van der Waals surface area contributed by atoms with Crippen LogP contribution in [0.2, 0.25) is 0 Å². The molecule has 0 bridgehead atoms. The zero-order valence-corrected chi connectivity index (χ0v) is 17.7. The standard InChI is InChI=1S/C21H27F3N4OS/c22-21(23,24)7-17-6-18-19(25-13-26-20(18)30-17)28-10-15-3-4-27(9-16(15)11-28)8-14-2-1-5-29-12-14/h6,13-16H,1-5,7-12H2/t14?,15-,16+/m1/s1. The number of hydrogen-bond donors (Lipinski definition) is 0. The van der Waals surface area contributed by atoms with Gasteiger partial charge in [0.25, 0.3) is 0 Å². The lowest BCUT2D eigenvalue weighted by molar-refractivity contribution is -0.126. The molecule has 0 saturated carbocycles. The second kappa shape index (κ2) is 8.24. The summed E-state index contributed by atoms with van der Waals surface area (Å²) in [5.41, 5.74) is 0. The minimum absolute atomic E-state index is 0.303. The Labute approximate surface area is 178 Å². The van der Waals surface area contributed by atoms with Crippen molar-refractivity contribution in [1.29, 1.82) is 0 Å². The highest BCUT2D eigenvalue weighted by molar-refractivity contribution is 7.18. The molecule has 9 heteroatoms. The zero-order valence-electron chi connectivity index (χ0n) is 16.9. The Hall–Kier alpha value is -1.45. The molecule has 1 unspecified atom stereocenters. The van der Waals surface area contributed by atoms with Crippen molar-refractivity contribution in [2.75, 3.05) is 50.8 Å². The van der Waals surface area contributed by atoms with Crippen LogP contribution in [0.4, 0.5) is 19.0 Å². The molecule has 3 aliphatic heterocycles. The van der Waals surface area contributed by atoms with Gasteiger partial charge >= 0.3 is 6.18 Å². The van der Waals surface area contributed by atoms with Gasteiger partial charge in [-0.3, -0.25) is 0 Å². The fourth-order valence-corrected chi connectivity index (χ4v) is 6.35. The maximum absolute atomic E-state index is 12.8. The Bertz CT molecular complexity index is 883. The largest absolute Gasteiger partial charge is 0.393 e.